The Morgan fingerprint density at radius 3 is 3.00 bits per heavy atom. The summed E-state index contributed by atoms with van der Waals surface area (Å²) in [6, 6.07) is 5.29. The van der Waals surface area contributed by atoms with Crippen molar-refractivity contribution in [1.82, 2.24) is 5.32 Å². The molecule has 1 heterocycles. The maximum absolute atomic E-state index is 8.93. The molecule has 0 aliphatic heterocycles. The molecule has 2 N–H and O–H groups in total. The molecule has 0 spiro atoms. The van der Waals surface area contributed by atoms with Gasteiger partial charge in [-0.1, -0.05) is 6.07 Å². The van der Waals surface area contributed by atoms with E-state index in [1.165, 1.54) is 17.7 Å². The summed E-state index contributed by atoms with van der Waals surface area (Å²) in [6.07, 6.45) is 3.43. The Balaban J connectivity index is 1.95. The van der Waals surface area contributed by atoms with Crippen molar-refractivity contribution < 1.29 is 5.11 Å². The van der Waals surface area contributed by atoms with E-state index in [2.05, 4.69) is 22.8 Å². The number of aliphatic hydroxyl groups is 1. The molecule has 0 saturated heterocycles. The maximum atomic E-state index is 8.93. The number of hydrogen-bond donors (Lipinski definition) is 2. The lowest BCUT2D eigenvalue weighted by molar-refractivity contribution is 0.266. The summed E-state index contributed by atoms with van der Waals surface area (Å²) < 4.78 is 0. The van der Waals surface area contributed by atoms with Crippen molar-refractivity contribution in [3.63, 3.8) is 0 Å². The van der Waals surface area contributed by atoms with Crippen molar-refractivity contribution in [2.75, 3.05) is 6.61 Å². The lowest BCUT2D eigenvalue weighted by Gasteiger charge is -2.15. The highest BCUT2D eigenvalue weighted by Crippen LogP contribution is 2.28. The van der Waals surface area contributed by atoms with E-state index in [1.54, 1.807) is 11.3 Å². The van der Waals surface area contributed by atoms with Gasteiger partial charge in [0.05, 0.1) is 0 Å². The van der Waals surface area contributed by atoms with Crippen LogP contribution in [0.5, 0.6) is 0 Å². The van der Waals surface area contributed by atoms with Gasteiger partial charge in [0.1, 0.15) is 0 Å². The molecule has 13 heavy (non-hydrogen) atoms. The summed E-state index contributed by atoms with van der Waals surface area (Å²) in [4.78, 5) is 1.35. The van der Waals surface area contributed by atoms with Gasteiger partial charge in [-0.15, -0.1) is 11.3 Å². The highest BCUT2D eigenvalue weighted by Gasteiger charge is 2.25. The molecule has 72 valence electrons. The monoisotopic (exact) mass is 197 g/mol. The van der Waals surface area contributed by atoms with Crippen LogP contribution in [0.4, 0.5) is 0 Å². The molecule has 0 aromatic carbocycles. The molecule has 2 nitrogen and oxygen atoms in total. The van der Waals surface area contributed by atoms with Gasteiger partial charge in [-0.2, -0.15) is 0 Å². The molecular formula is C10H15NOS. The largest absolute Gasteiger partial charge is 0.396 e. The van der Waals surface area contributed by atoms with E-state index in [1.807, 2.05) is 0 Å². The van der Waals surface area contributed by atoms with Gasteiger partial charge in [0, 0.05) is 23.6 Å². The minimum atomic E-state index is 0.266. The van der Waals surface area contributed by atoms with Gasteiger partial charge < -0.3 is 10.4 Å². The highest BCUT2D eigenvalue weighted by atomic mass is 32.1. The first kappa shape index (κ1) is 9.19. The molecule has 1 aromatic heterocycles. The molecule has 0 radical (unpaired) electrons. The quantitative estimate of drug-likeness (QED) is 0.756. The second-order valence-corrected chi connectivity index (χ2v) is 4.50. The fourth-order valence-electron chi connectivity index (χ4n) is 1.46. The van der Waals surface area contributed by atoms with Crippen LogP contribution in [0, 0.1) is 0 Å². The molecule has 1 unspecified atom stereocenters. The molecule has 1 fully saturated rings. The molecule has 1 aliphatic rings. The number of nitrogens with one attached hydrogen (secondary N) is 1. The summed E-state index contributed by atoms with van der Waals surface area (Å²) in [5.41, 5.74) is 0. The topological polar surface area (TPSA) is 32.3 Å². The van der Waals surface area contributed by atoms with E-state index in [0.29, 0.717) is 12.1 Å². The second kappa shape index (κ2) is 4.22. The summed E-state index contributed by atoms with van der Waals surface area (Å²) in [7, 11) is 0. The number of rotatable bonds is 5. The van der Waals surface area contributed by atoms with Crippen LogP contribution in [0.1, 0.15) is 30.2 Å². The van der Waals surface area contributed by atoms with Crippen molar-refractivity contribution in [2.24, 2.45) is 0 Å². The molecule has 1 aromatic rings. The Hall–Kier alpha value is -0.380. The van der Waals surface area contributed by atoms with E-state index in [4.69, 9.17) is 5.11 Å². The van der Waals surface area contributed by atoms with Crippen molar-refractivity contribution in [3.8, 4) is 0 Å². The second-order valence-electron chi connectivity index (χ2n) is 3.52. The maximum Gasteiger partial charge on any atom is 0.0449 e. The zero-order valence-electron chi connectivity index (χ0n) is 7.57. The predicted octanol–water partition coefficient (Wildman–Crippen LogP) is 1.92. The normalized spacial score (nSPS) is 18.8. The molecule has 3 heteroatoms. The van der Waals surface area contributed by atoms with E-state index >= 15 is 0 Å². The zero-order chi connectivity index (χ0) is 9.10. The van der Waals surface area contributed by atoms with E-state index in [0.717, 1.165) is 6.42 Å². The van der Waals surface area contributed by atoms with Crippen molar-refractivity contribution in [3.05, 3.63) is 22.4 Å². The van der Waals surface area contributed by atoms with Gasteiger partial charge in [-0.25, -0.2) is 0 Å². The average Bonchev–Trinajstić information content (AvgIpc) is 2.80. The molecule has 1 atom stereocenters. The average molecular weight is 197 g/mol. The Morgan fingerprint density at radius 2 is 2.46 bits per heavy atom. The minimum Gasteiger partial charge on any atom is -0.396 e. The standard InChI is InChI=1S/C10H15NOS/c12-6-5-9(11-8-3-4-8)10-2-1-7-13-10/h1-2,7-9,11-12H,3-6H2. The minimum absolute atomic E-state index is 0.266. The number of thiophene rings is 1. The third-order valence-electron chi connectivity index (χ3n) is 2.32. The molecule has 0 bridgehead atoms. The Labute approximate surface area is 82.6 Å². The van der Waals surface area contributed by atoms with Crippen LogP contribution < -0.4 is 5.32 Å². The van der Waals surface area contributed by atoms with Gasteiger partial charge in [-0.05, 0) is 30.7 Å². The van der Waals surface area contributed by atoms with Gasteiger partial charge in [0.2, 0.25) is 0 Å². The highest BCUT2D eigenvalue weighted by molar-refractivity contribution is 7.10. The molecule has 2 rings (SSSR count). The molecule has 1 saturated carbocycles. The number of hydrogen-bond acceptors (Lipinski definition) is 3. The van der Waals surface area contributed by atoms with Crippen LogP contribution in [0.2, 0.25) is 0 Å². The fraction of sp³-hybridized carbons (Fsp3) is 0.600. The fourth-order valence-corrected chi connectivity index (χ4v) is 2.28. The molecule has 1 aliphatic carbocycles. The van der Waals surface area contributed by atoms with Crippen LogP contribution >= 0.6 is 11.3 Å². The third kappa shape index (κ3) is 2.53. The van der Waals surface area contributed by atoms with Crippen LogP contribution in [0.25, 0.3) is 0 Å². The Bertz CT molecular complexity index is 243. The number of aliphatic hydroxyl groups excluding tert-OH is 1. The van der Waals surface area contributed by atoms with Gasteiger partial charge in [0.15, 0.2) is 0 Å². The molecular weight excluding hydrogens is 182 g/mol. The van der Waals surface area contributed by atoms with Gasteiger partial charge >= 0.3 is 0 Å². The van der Waals surface area contributed by atoms with Crippen molar-refractivity contribution >= 4 is 11.3 Å². The van der Waals surface area contributed by atoms with E-state index in [-0.39, 0.29) is 6.61 Å². The summed E-state index contributed by atoms with van der Waals surface area (Å²) >= 11 is 1.77. The SMILES string of the molecule is OCCC(NC1CC1)c1cccs1. The smallest absolute Gasteiger partial charge is 0.0449 e. The van der Waals surface area contributed by atoms with Crippen molar-refractivity contribution in [1.29, 1.82) is 0 Å². The van der Waals surface area contributed by atoms with Crippen LogP contribution in [0.3, 0.4) is 0 Å². The lowest BCUT2D eigenvalue weighted by atomic mass is 10.2. The Morgan fingerprint density at radius 1 is 1.62 bits per heavy atom. The Kier molecular flexibility index (Phi) is 2.98. The van der Waals surface area contributed by atoms with Crippen LogP contribution in [0.15, 0.2) is 17.5 Å². The summed E-state index contributed by atoms with van der Waals surface area (Å²) in [6.45, 7) is 0.266. The van der Waals surface area contributed by atoms with Gasteiger partial charge in [-0.3, -0.25) is 0 Å². The first-order valence-corrected chi connectivity index (χ1v) is 5.68. The summed E-state index contributed by atoms with van der Waals surface area (Å²) in [5.74, 6) is 0. The van der Waals surface area contributed by atoms with E-state index < -0.39 is 0 Å². The lowest BCUT2D eigenvalue weighted by Crippen LogP contribution is -2.23. The summed E-state index contributed by atoms with van der Waals surface area (Å²) in [5, 5.41) is 14.6. The predicted molar refractivity (Wildman–Crippen MR) is 54.9 cm³/mol. The van der Waals surface area contributed by atoms with E-state index in [9.17, 15) is 0 Å². The van der Waals surface area contributed by atoms with Crippen molar-refractivity contribution in [2.45, 2.75) is 31.3 Å². The molecule has 0 amide bonds. The first-order chi connectivity index (χ1) is 6.40. The van der Waals surface area contributed by atoms with Crippen LogP contribution in [-0.4, -0.2) is 17.8 Å². The first-order valence-electron chi connectivity index (χ1n) is 4.80. The third-order valence-corrected chi connectivity index (χ3v) is 3.30. The van der Waals surface area contributed by atoms with Crippen LogP contribution in [-0.2, 0) is 0 Å². The van der Waals surface area contributed by atoms with Gasteiger partial charge in [0.25, 0.3) is 0 Å². The zero-order valence-corrected chi connectivity index (χ0v) is 8.39.